The van der Waals surface area contributed by atoms with E-state index in [-0.39, 0.29) is 6.04 Å². The molecule has 1 aromatic carbocycles. The molecule has 0 saturated heterocycles. The van der Waals surface area contributed by atoms with E-state index in [1.807, 2.05) is 30.3 Å². The van der Waals surface area contributed by atoms with Gasteiger partial charge in [-0.05, 0) is 5.56 Å². The Balaban J connectivity index is 2.78. The third-order valence-electron chi connectivity index (χ3n) is 1.79. The Bertz CT molecular complexity index is 245. The Hall–Kier alpha value is -1.12. The van der Waals surface area contributed by atoms with E-state index in [4.69, 9.17) is 5.73 Å². The van der Waals surface area contributed by atoms with E-state index in [1.54, 1.807) is 0 Å². The van der Waals surface area contributed by atoms with Crippen molar-refractivity contribution in [1.82, 2.24) is 0 Å². The second-order valence-corrected chi connectivity index (χ2v) is 2.66. The number of aliphatic hydroxyl groups is 1. The minimum Gasteiger partial charge on any atom is -0.387 e. The Kier molecular flexibility index (Phi) is 3.02. The summed E-state index contributed by atoms with van der Waals surface area (Å²) in [7, 11) is 0. The van der Waals surface area contributed by atoms with Crippen LogP contribution < -0.4 is 5.73 Å². The van der Waals surface area contributed by atoms with Crippen LogP contribution in [-0.2, 0) is 0 Å². The molecule has 1 aromatic rings. The SMILES string of the molecule is C=C[C@@H](O)[C@@H](N)c1ccccc1. The topological polar surface area (TPSA) is 46.2 Å². The Morgan fingerprint density at radius 2 is 1.92 bits per heavy atom. The average molecular weight is 163 g/mol. The van der Waals surface area contributed by atoms with Crippen LogP contribution in [0.5, 0.6) is 0 Å². The number of rotatable bonds is 3. The van der Waals surface area contributed by atoms with Gasteiger partial charge in [0.05, 0.1) is 12.1 Å². The maximum absolute atomic E-state index is 9.34. The molecule has 2 nitrogen and oxygen atoms in total. The number of nitrogens with two attached hydrogens (primary N) is 1. The molecule has 3 N–H and O–H groups in total. The van der Waals surface area contributed by atoms with Crippen molar-refractivity contribution < 1.29 is 5.11 Å². The molecule has 64 valence electrons. The quantitative estimate of drug-likeness (QED) is 0.658. The van der Waals surface area contributed by atoms with Crippen LogP contribution in [0.1, 0.15) is 11.6 Å². The van der Waals surface area contributed by atoms with Crippen molar-refractivity contribution in [2.75, 3.05) is 0 Å². The van der Waals surface area contributed by atoms with Crippen molar-refractivity contribution in [2.24, 2.45) is 5.73 Å². The van der Waals surface area contributed by atoms with Crippen LogP contribution in [0.25, 0.3) is 0 Å². The Morgan fingerprint density at radius 1 is 1.33 bits per heavy atom. The highest BCUT2D eigenvalue weighted by molar-refractivity contribution is 5.20. The zero-order valence-electron chi connectivity index (χ0n) is 6.85. The summed E-state index contributed by atoms with van der Waals surface area (Å²) in [5, 5.41) is 9.34. The second kappa shape index (κ2) is 4.04. The smallest absolute Gasteiger partial charge is 0.0910 e. The molecular formula is C10H13NO. The van der Waals surface area contributed by atoms with E-state index in [1.165, 1.54) is 6.08 Å². The highest BCUT2D eigenvalue weighted by atomic mass is 16.3. The van der Waals surface area contributed by atoms with Gasteiger partial charge in [0, 0.05) is 0 Å². The van der Waals surface area contributed by atoms with Crippen LogP contribution in [0.4, 0.5) is 0 Å². The molecule has 12 heavy (non-hydrogen) atoms. The third kappa shape index (κ3) is 1.94. The first kappa shape index (κ1) is 8.97. The van der Waals surface area contributed by atoms with Crippen molar-refractivity contribution in [3.63, 3.8) is 0 Å². The highest BCUT2D eigenvalue weighted by Crippen LogP contribution is 2.13. The summed E-state index contributed by atoms with van der Waals surface area (Å²) in [5.41, 5.74) is 6.65. The fourth-order valence-electron chi connectivity index (χ4n) is 1.02. The van der Waals surface area contributed by atoms with Crippen molar-refractivity contribution in [3.8, 4) is 0 Å². The van der Waals surface area contributed by atoms with Gasteiger partial charge in [-0.2, -0.15) is 0 Å². The van der Waals surface area contributed by atoms with E-state index in [0.29, 0.717) is 0 Å². The number of aliphatic hydroxyl groups excluding tert-OH is 1. The fraction of sp³-hybridized carbons (Fsp3) is 0.200. The predicted octanol–water partition coefficient (Wildman–Crippen LogP) is 1.23. The maximum Gasteiger partial charge on any atom is 0.0910 e. The normalized spacial score (nSPS) is 15.2. The van der Waals surface area contributed by atoms with Crippen LogP contribution in [0, 0.1) is 0 Å². The predicted molar refractivity (Wildman–Crippen MR) is 49.6 cm³/mol. The van der Waals surface area contributed by atoms with E-state index in [0.717, 1.165) is 5.56 Å². The Morgan fingerprint density at radius 3 is 2.42 bits per heavy atom. The molecular weight excluding hydrogens is 150 g/mol. The van der Waals surface area contributed by atoms with E-state index in [9.17, 15) is 5.11 Å². The van der Waals surface area contributed by atoms with Crippen LogP contribution in [0.3, 0.4) is 0 Å². The zero-order valence-corrected chi connectivity index (χ0v) is 6.85. The standard InChI is InChI=1S/C10H13NO/c1-2-9(12)10(11)8-6-4-3-5-7-8/h2-7,9-10,12H,1,11H2/t9-,10+/m1/s1. The lowest BCUT2D eigenvalue weighted by Gasteiger charge is -2.15. The molecule has 0 unspecified atom stereocenters. The van der Waals surface area contributed by atoms with Crippen molar-refractivity contribution >= 4 is 0 Å². The van der Waals surface area contributed by atoms with Crippen LogP contribution in [-0.4, -0.2) is 11.2 Å². The summed E-state index contributed by atoms with van der Waals surface area (Å²) in [5.74, 6) is 0. The molecule has 2 heteroatoms. The van der Waals surface area contributed by atoms with Crippen molar-refractivity contribution in [1.29, 1.82) is 0 Å². The van der Waals surface area contributed by atoms with Gasteiger partial charge < -0.3 is 10.8 Å². The number of hydrogen-bond acceptors (Lipinski definition) is 2. The second-order valence-electron chi connectivity index (χ2n) is 2.66. The summed E-state index contributed by atoms with van der Waals surface area (Å²) in [6, 6.07) is 9.10. The van der Waals surface area contributed by atoms with Gasteiger partial charge in [-0.1, -0.05) is 36.4 Å². The monoisotopic (exact) mass is 163 g/mol. The van der Waals surface area contributed by atoms with Gasteiger partial charge in [0.25, 0.3) is 0 Å². The molecule has 2 atom stereocenters. The van der Waals surface area contributed by atoms with Crippen LogP contribution in [0.15, 0.2) is 43.0 Å². The zero-order chi connectivity index (χ0) is 8.97. The lowest BCUT2D eigenvalue weighted by Crippen LogP contribution is -2.23. The first-order valence-corrected chi connectivity index (χ1v) is 3.87. The molecule has 0 aliphatic carbocycles. The first-order valence-electron chi connectivity index (χ1n) is 3.87. The Labute approximate surface area is 72.3 Å². The third-order valence-corrected chi connectivity index (χ3v) is 1.79. The van der Waals surface area contributed by atoms with Gasteiger partial charge in [-0.3, -0.25) is 0 Å². The highest BCUT2D eigenvalue weighted by Gasteiger charge is 2.11. The molecule has 0 fully saturated rings. The molecule has 0 aromatic heterocycles. The van der Waals surface area contributed by atoms with E-state index >= 15 is 0 Å². The minimum absolute atomic E-state index is 0.372. The van der Waals surface area contributed by atoms with Gasteiger partial charge in [0.15, 0.2) is 0 Å². The van der Waals surface area contributed by atoms with Crippen LogP contribution >= 0.6 is 0 Å². The van der Waals surface area contributed by atoms with Gasteiger partial charge >= 0.3 is 0 Å². The molecule has 0 aliphatic heterocycles. The van der Waals surface area contributed by atoms with Gasteiger partial charge in [-0.15, -0.1) is 6.58 Å². The lowest BCUT2D eigenvalue weighted by atomic mass is 10.0. The summed E-state index contributed by atoms with van der Waals surface area (Å²) in [6.07, 6.45) is 0.768. The fourth-order valence-corrected chi connectivity index (χ4v) is 1.02. The molecule has 0 saturated carbocycles. The molecule has 1 rings (SSSR count). The van der Waals surface area contributed by atoms with Gasteiger partial charge in [-0.25, -0.2) is 0 Å². The van der Waals surface area contributed by atoms with Gasteiger partial charge in [0.1, 0.15) is 0 Å². The van der Waals surface area contributed by atoms with E-state index in [2.05, 4.69) is 6.58 Å². The summed E-state index contributed by atoms with van der Waals surface area (Å²) in [4.78, 5) is 0. The molecule has 0 bridgehead atoms. The molecule has 0 amide bonds. The first-order chi connectivity index (χ1) is 5.75. The van der Waals surface area contributed by atoms with Crippen LogP contribution in [0.2, 0.25) is 0 Å². The molecule has 0 spiro atoms. The number of benzene rings is 1. The molecule has 0 aliphatic rings. The maximum atomic E-state index is 9.34. The summed E-state index contributed by atoms with van der Waals surface area (Å²) in [6.45, 7) is 3.48. The summed E-state index contributed by atoms with van der Waals surface area (Å²) < 4.78 is 0. The lowest BCUT2D eigenvalue weighted by molar-refractivity contribution is 0.192. The molecule has 0 radical (unpaired) electrons. The van der Waals surface area contributed by atoms with Crippen molar-refractivity contribution in [3.05, 3.63) is 48.6 Å². The summed E-state index contributed by atoms with van der Waals surface area (Å²) >= 11 is 0. The number of hydrogen-bond donors (Lipinski definition) is 2. The average Bonchev–Trinajstić information content (AvgIpc) is 2.17. The van der Waals surface area contributed by atoms with E-state index < -0.39 is 6.10 Å². The van der Waals surface area contributed by atoms with Gasteiger partial charge in [0.2, 0.25) is 0 Å². The minimum atomic E-state index is -0.674. The largest absolute Gasteiger partial charge is 0.387 e. The van der Waals surface area contributed by atoms with Crippen molar-refractivity contribution in [2.45, 2.75) is 12.1 Å². The molecule has 0 heterocycles.